The number of carbonyl (C=O) groups excluding carboxylic acids is 5. The molecule has 1 fully saturated rings. The minimum Gasteiger partial charge on any atom is -0.463 e. The average molecular weight is 576 g/mol. The van der Waals surface area contributed by atoms with Crippen LogP contribution in [0.3, 0.4) is 0 Å². The summed E-state index contributed by atoms with van der Waals surface area (Å²) in [4.78, 5) is 68.4. The molecule has 3 N–H and O–H groups in total. The number of aromatic nitrogens is 3. The maximum atomic E-state index is 12.5. The second-order valence-corrected chi connectivity index (χ2v) is 9.80. The molecule has 4 atom stereocenters. The van der Waals surface area contributed by atoms with E-state index in [1.807, 2.05) is 0 Å². The Kier molecular flexibility index (Phi) is 8.25. The van der Waals surface area contributed by atoms with Crippen LogP contribution >= 0.6 is 0 Å². The predicted molar refractivity (Wildman–Crippen MR) is 136 cm³/mol. The molecule has 0 saturated carbocycles. The first-order chi connectivity index (χ1) is 19.3. The normalized spacial score (nSPS) is 23.3. The number of alkyl carbamates (subject to hydrolysis) is 1. The number of nitrogens with zero attached hydrogens (tertiary/aromatic N) is 3. The zero-order valence-electron chi connectivity index (χ0n) is 22.8. The molecular formula is C25H29N5O11. The fourth-order valence-electron chi connectivity index (χ4n) is 4.42. The predicted octanol–water partition coefficient (Wildman–Crippen LogP) is 0.750. The van der Waals surface area contributed by atoms with Crippen molar-refractivity contribution in [2.75, 3.05) is 18.7 Å². The van der Waals surface area contributed by atoms with Crippen LogP contribution in [0.1, 0.15) is 46.4 Å². The highest BCUT2D eigenvalue weighted by Gasteiger charge is 2.56. The molecule has 2 aliphatic rings. The van der Waals surface area contributed by atoms with Crippen molar-refractivity contribution in [3.05, 3.63) is 24.2 Å². The Balaban J connectivity index is 1.69. The summed E-state index contributed by atoms with van der Waals surface area (Å²) in [5, 5.41) is 16.9. The van der Waals surface area contributed by atoms with Gasteiger partial charge in [0.15, 0.2) is 12.3 Å². The largest absolute Gasteiger partial charge is 0.463 e. The molecule has 220 valence electrons. The Hall–Kier alpha value is -4.57. The molecule has 0 aromatic carbocycles. The van der Waals surface area contributed by atoms with Crippen molar-refractivity contribution >= 4 is 52.5 Å². The minimum atomic E-state index is -1.87. The van der Waals surface area contributed by atoms with E-state index in [4.69, 9.17) is 23.7 Å². The minimum absolute atomic E-state index is 0.0226. The van der Waals surface area contributed by atoms with Gasteiger partial charge in [0.1, 0.15) is 36.1 Å². The summed E-state index contributed by atoms with van der Waals surface area (Å²) in [6.07, 6.45) is -0.845. The quantitative estimate of drug-likeness (QED) is 0.226. The number of nitrogens with one attached hydrogen (secondary N) is 2. The van der Waals surface area contributed by atoms with E-state index in [1.165, 1.54) is 30.9 Å². The molecule has 2 aromatic rings. The Labute approximate surface area is 232 Å². The van der Waals surface area contributed by atoms with Crippen molar-refractivity contribution in [3.8, 4) is 0 Å². The molecule has 4 heterocycles. The number of anilines is 1. The van der Waals surface area contributed by atoms with Gasteiger partial charge in [-0.2, -0.15) is 0 Å². The summed E-state index contributed by atoms with van der Waals surface area (Å²) in [6.45, 7) is 6.00. The van der Waals surface area contributed by atoms with E-state index in [0.717, 1.165) is 13.0 Å². The topological polar surface area (TPSA) is 206 Å². The van der Waals surface area contributed by atoms with Gasteiger partial charge >= 0.3 is 24.0 Å². The molecule has 1 saturated heterocycles. The third kappa shape index (κ3) is 6.12. The van der Waals surface area contributed by atoms with Gasteiger partial charge in [-0.1, -0.05) is 13.8 Å². The summed E-state index contributed by atoms with van der Waals surface area (Å²) in [7, 11) is 0. The third-order valence-electron chi connectivity index (χ3n) is 6.23. The van der Waals surface area contributed by atoms with Gasteiger partial charge in [-0.15, -0.1) is 0 Å². The smallest absolute Gasteiger partial charge is 0.414 e. The van der Waals surface area contributed by atoms with Crippen LogP contribution in [0.4, 0.5) is 10.6 Å². The molecular weight excluding hydrogens is 546 g/mol. The zero-order valence-corrected chi connectivity index (χ0v) is 22.8. The Bertz CT molecular complexity index is 1430. The SMILES string of the molecule is CC(=O)OC[C@H]1O[C@@H](n2cc3c4c(ncnc42)NC(=O)C=C3NC(=O)OCOC(=O)C(C)C)C(C)(O)[C@@H]1OC(C)=O. The van der Waals surface area contributed by atoms with Gasteiger partial charge in [-0.05, 0) is 6.92 Å². The second-order valence-electron chi connectivity index (χ2n) is 9.80. The lowest BCUT2D eigenvalue weighted by molar-refractivity contribution is -0.163. The maximum absolute atomic E-state index is 12.5. The van der Waals surface area contributed by atoms with Crippen molar-refractivity contribution in [1.29, 1.82) is 0 Å². The van der Waals surface area contributed by atoms with Crippen molar-refractivity contribution in [1.82, 2.24) is 19.9 Å². The number of hydrogen-bond acceptors (Lipinski definition) is 13. The lowest BCUT2D eigenvalue weighted by Crippen LogP contribution is -2.47. The number of rotatable bonds is 8. The monoisotopic (exact) mass is 575 g/mol. The lowest BCUT2D eigenvalue weighted by atomic mass is 9.96. The van der Waals surface area contributed by atoms with Crippen LogP contribution in [0, 0.1) is 5.92 Å². The van der Waals surface area contributed by atoms with E-state index in [-0.39, 0.29) is 34.7 Å². The van der Waals surface area contributed by atoms with Crippen molar-refractivity contribution < 1.29 is 52.8 Å². The summed E-state index contributed by atoms with van der Waals surface area (Å²) >= 11 is 0. The van der Waals surface area contributed by atoms with Crippen molar-refractivity contribution in [2.45, 2.75) is 58.7 Å². The van der Waals surface area contributed by atoms with Gasteiger partial charge in [0.05, 0.1) is 17.0 Å². The van der Waals surface area contributed by atoms with Crippen LogP contribution in [-0.2, 0) is 42.9 Å². The van der Waals surface area contributed by atoms with E-state index in [9.17, 15) is 29.1 Å². The van der Waals surface area contributed by atoms with Gasteiger partial charge in [-0.25, -0.2) is 14.8 Å². The lowest BCUT2D eigenvalue weighted by Gasteiger charge is -2.30. The standard InChI is InChI=1S/C25H29N5O11/c1-11(2)22(34)38-10-39-24(35)28-15-6-17(33)29-20-18-14(15)7-30(21(18)27-9-26-20)23-25(5,36)19(40-13(4)32)16(41-23)8-37-12(3)31/h6-7,9,11,16,19,23,36H,8,10H2,1-5H3,(H,28,35)(H,26,27,29,33)/t16-,19-,23-,25?/m1/s1. The number of ether oxygens (including phenoxy) is 5. The molecule has 0 bridgehead atoms. The number of carbonyl (C=O) groups is 5. The highest BCUT2D eigenvalue weighted by atomic mass is 16.7. The number of hydrogen-bond donors (Lipinski definition) is 3. The van der Waals surface area contributed by atoms with E-state index in [0.29, 0.717) is 0 Å². The number of amides is 2. The number of esters is 3. The van der Waals surface area contributed by atoms with E-state index in [1.54, 1.807) is 13.8 Å². The van der Waals surface area contributed by atoms with E-state index < -0.39 is 66.7 Å². The molecule has 2 aromatic heterocycles. The van der Waals surface area contributed by atoms with Crippen LogP contribution in [0.15, 0.2) is 18.6 Å². The fraction of sp³-hybridized carbons (Fsp3) is 0.480. The second kappa shape index (κ2) is 11.5. The van der Waals surface area contributed by atoms with E-state index >= 15 is 0 Å². The Morgan fingerprint density at radius 1 is 1.17 bits per heavy atom. The first-order valence-electron chi connectivity index (χ1n) is 12.5. The van der Waals surface area contributed by atoms with Crippen LogP contribution in [-0.4, -0.2) is 80.8 Å². The first-order valence-corrected chi connectivity index (χ1v) is 12.5. The Morgan fingerprint density at radius 3 is 2.56 bits per heavy atom. The summed E-state index contributed by atoms with van der Waals surface area (Å²) in [5.41, 5.74) is -1.46. The van der Waals surface area contributed by atoms with Crippen LogP contribution < -0.4 is 10.6 Å². The molecule has 0 radical (unpaired) electrons. The average Bonchev–Trinajstić information content (AvgIpc) is 3.32. The highest BCUT2D eigenvalue weighted by Crippen LogP contribution is 2.43. The molecule has 16 nitrogen and oxygen atoms in total. The summed E-state index contributed by atoms with van der Waals surface area (Å²) in [5.74, 6) is -2.81. The zero-order chi connectivity index (χ0) is 30.1. The molecule has 4 rings (SSSR count). The first kappa shape index (κ1) is 29.4. The van der Waals surface area contributed by atoms with Crippen LogP contribution in [0.5, 0.6) is 0 Å². The summed E-state index contributed by atoms with van der Waals surface area (Å²) < 4.78 is 27.6. The van der Waals surface area contributed by atoms with Gasteiger partial charge in [0, 0.05) is 31.7 Å². The summed E-state index contributed by atoms with van der Waals surface area (Å²) in [6, 6.07) is 0. The molecule has 2 amide bonds. The molecule has 0 spiro atoms. The van der Waals surface area contributed by atoms with Crippen LogP contribution in [0.25, 0.3) is 16.7 Å². The van der Waals surface area contributed by atoms with Gasteiger partial charge in [0.25, 0.3) is 5.91 Å². The van der Waals surface area contributed by atoms with Gasteiger partial charge in [0.2, 0.25) is 6.79 Å². The van der Waals surface area contributed by atoms with Crippen molar-refractivity contribution in [3.63, 3.8) is 0 Å². The Morgan fingerprint density at radius 2 is 1.90 bits per heavy atom. The molecule has 16 heteroatoms. The fourth-order valence-corrected chi connectivity index (χ4v) is 4.42. The number of aliphatic hydroxyl groups is 1. The van der Waals surface area contributed by atoms with Gasteiger partial charge in [-0.3, -0.25) is 24.5 Å². The van der Waals surface area contributed by atoms with Crippen molar-refractivity contribution in [2.24, 2.45) is 5.92 Å². The molecule has 0 aliphatic carbocycles. The maximum Gasteiger partial charge on any atom is 0.414 e. The van der Waals surface area contributed by atoms with Gasteiger partial charge < -0.3 is 38.7 Å². The van der Waals surface area contributed by atoms with Crippen LogP contribution in [0.2, 0.25) is 0 Å². The van der Waals surface area contributed by atoms with E-state index in [2.05, 4.69) is 20.6 Å². The molecule has 1 unspecified atom stereocenters. The highest BCUT2D eigenvalue weighted by molar-refractivity contribution is 6.14. The molecule has 41 heavy (non-hydrogen) atoms. The molecule has 2 aliphatic heterocycles. The third-order valence-corrected chi connectivity index (χ3v) is 6.23.